The number of nitrogens with one attached hydrogen (secondary N) is 2. The molecule has 0 radical (unpaired) electrons. The lowest BCUT2D eigenvalue weighted by molar-refractivity contribution is -0.0508. The third-order valence-electron chi connectivity index (χ3n) is 5.17. The fourth-order valence-electron chi connectivity index (χ4n) is 3.81. The average Bonchev–Trinajstić information content (AvgIpc) is 2.64. The van der Waals surface area contributed by atoms with E-state index in [1.54, 1.807) is 42.5 Å². The number of alkyl halides is 2. The molecule has 0 amide bonds. The molecule has 0 aromatic heterocycles. The minimum absolute atomic E-state index is 0.170. The van der Waals surface area contributed by atoms with Gasteiger partial charge in [0.15, 0.2) is 0 Å². The third kappa shape index (κ3) is 3.82. The molecule has 1 fully saturated rings. The zero-order chi connectivity index (χ0) is 19.8. The van der Waals surface area contributed by atoms with Gasteiger partial charge in [0.05, 0.1) is 5.69 Å². The summed E-state index contributed by atoms with van der Waals surface area (Å²) < 4.78 is 57.8. The van der Waals surface area contributed by atoms with Gasteiger partial charge in [-0.1, -0.05) is 30.3 Å². The molecule has 2 aliphatic rings. The van der Waals surface area contributed by atoms with Crippen molar-refractivity contribution in [1.29, 1.82) is 0 Å². The van der Waals surface area contributed by atoms with Crippen molar-refractivity contribution in [3.63, 3.8) is 0 Å². The number of anilines is 1. The number of rotatable bonds is 4. The molecule has 1 spiro atoms. The zero-order valence-electron chi connectivity index (χ0n) is 15.1. The van der Waals surface area contributed by atoms with E-state index in [2.05, 4.69) is 19.7 Å². The maximum Gasteiger partial charge on any atom is 0.387 e. The molecule has 2 heterocycles. The molecule has 6 nitrogen and oxygen atoms in total. The lowest BCUT2D eigenvalue weighted by Gasteiger charge is -2.45. The molecular formula is C19H21F2N3O3S. The van der Waals surface area contributed by atoms with Crippen LogP contribution in [0.5, 0.6) is 5.75 Å². The van der Waals surface area contributed by atoms with E-state index in [1.165, 1.54) is 6.07 Å². The SMILES string of the molecule is O=S1(=O)NC2(CCN(Cc3ccccc3OC(F)F)CC2)Nc2ccccc21. The highest BCUT2D eigenvalue weighted by molar-refractivity contribution is 7.89. The number of likely N-dealkylation sites (tertiary alicyclic amines) is 1. The van der Waals surface area contributed by atoms with E-state index < -0.39 is 22.3 Å². The quantitative estimate of drug-likeness (QED) is 0.813. The summed E-state index contributed by atoms with van der Waals surface area (Å²) >= 11 is 0. The van der Waals surface area contributed by atoms with Gasteiger partial charge in [-0.3, -0.25) is 4.90 Å². The van der Waals surface area contributed by atoms with E-state index >= 15 is 0 Å². The fourth-order valence-corrected chi connectivity index (χ4v) is 5.35. The van der Waals surface area contributed by atoms with Gasteiger partial charge in [0.1, 0.15) is 16.3 Å². The summed E-state index contributed by atoms with van der Waals surface area (Å²) in [6.07, 6.45) is 1.11. The van der Waals surface area contributed by atoms with E-state index in [-0.39, 0.29) is 10.6 Å². The Balaban J connectivity index is 1.46. The summed E-state index contributed by atoms with van der Waals surface area (Å²) in [5, 5.41) is 3.35. The second-order valence-corrected chi connectivity index (χ2v) is 8.72. The van der Waals surface area contributed by atoms with Crippen molar-refractivity contribution in [2.45, 2.75) is 36.6 Å². The highest BCUT2D eigenvalue weighted by atomic mass is 32.2. The molecule has 0 unspecified atom stereocenters. The van der Waals surface area contributed by atoms with Crippen LogP contribution < -0.4 is 14.8 Å². The van der Waals surface area contributed by atoms with Gasteiger partial charge >= 0.3 is 6.61 Å². The molecule has 28 heavy (non-hydrogen) atoms. The largest absolute Gasteiger partial charge is 0.434 e. The lowest BCUT2D eigenvalue weighted by Crippen LogP contribution is -2.61. The number of sulfonamides is 1. The number of ether oxygens (including phenoxy) is 1. The van der Waals surface area contributed by atoms with Gasteiger partial charge in [0, 0.05) is 25.2 Å². The van der Waals surface area contributed by atoms with Gasteiger partial charge < -0.3 is 10.1 Å². The Morgan fingerprint density at radius 2 is 1.75 bits per heavy atom. The molecule has 150 valence electrons. The van der Waals surface area contributed by atoms with Gasteiger partial charge in [-0.15, -0.1) is 0 Å². The van der Waals surface area contributed by atoms with Crippen LogP contribution >= 0.6 is 0 Å². The van der Waals surface area contributed by atoms with Crippen LogP contribution in [-0.2, 0) is 16.6 Å². The third-order valence-corrected chi connectivity index (χ3v) is 6.77. The summed E-state index contributed by atoms with van der Waals surface area (Å²) in [5.41, 5.74) is 0.550. The van der Waals surface area contributed by atoms with Crippen LogP contribution in [0.2, 0.25) is 0 Å². The maximum absolute atomic E-state index is 12.6. The molecule has 1 saturated heterocycles. The number of hydrogen-bond acceptors (Lipinski definition) is 5. The van der Waals surface area contributed by atoms with Crippen LogP contribution in [0.4, 0.5) is 14.5 Å². The normalized spacial score (nSPS) is 20.5. The first kappa shape index (κ1) is 19.1. The second kappa shape index (κ2) is 7.31. The molecule has 2 N–H and O–H groups in total. The monoisotopic (exact) mass is 409 g/mol. The highest BCUT2D eigenvalue weighted by Crippen LogP contribution is 2.35. The van der Waals surface area contributed by atoms with E-state index in [4.69, 9.17) is 0 Å². The first-order valence-corrected chi connectivity index (χ1v) is 10.5. The van der Waals surface area contributed by atoms with E-state index in [0.717, 1.165) is 0 Å². The van der Waals surface area contributed by atoms with Gasteiger partial charge in [0.2, 0.25) is 10.0 Å². The molecule has 2 aromatic rings. The van der Waals surface area contributed by atoms with Crippen molar-refractivity contribution < 1.29 is 21.9 Å². The number of hydrogen-bond donors (Lipinski definition) is 2. The minimum atomic E-state index is -3.58. The molecule has 0 aliphatic carbocycles. The summed E-state index contributed by atoms with van der Waals surface area (Å²) in [6, 6.07) is 13.6. The predicted octanol–water partition coefficient (Wildman–Crippen LogP) is 2.98. The van der Waals surface area contributed by atoms with Gasteiger partial charge in [0.25, 0.3) is 0 Å². The van der Waals surface area contributed by atoms with Crippen molar-refractivity contribution in [3.8, 4) is 5.75 Å². The van der Waals surface area contributed by atoms with Crippen molar-refractivity contribution in [2.75, 3.05) is 18.4 Å². The standard InChI is InChI=1S/C19H21F2N3O3S/c20-18(21)27-16-7-3-1-5-14(16)13-24-11-9-19(10-12-24)22-15-6-2-4-8-17(15)28(25,26)23-19/h1-8,18,22-23H,9-13H2. The van der Waals surface area contributed by atoms with E-state index in [0.29, 0.717) is 43.7 Å². The number of benzene rings is 2. The van der Waals surface area contributed by atoms with Gasteiger partial charge in [-0.25, -0.2) is 8.42 Å². The van der Waals surface area contributed by atoms with Crippen LogP contribution in [0.25, 0.3) is 0 Å². The van der Waals surface area contributed by atoms with Crippen LogP contribution in [0, 0.1) is 0 Å². The van der Waals surface area contributed by atoms with Gasteiger partial charge in [-0.2, -0.15) is 13.5 Å². The van der Waals surface area contributed by atoms with Crippen LogP contribution in [-0.4, -0.2) is 38.7 Å². The molecule has 0 atom stereocenters. The zero-order valence-corrected chi connectivity index (χ0v) is 15.9. The fraction of sp³-hybridized carbons (Fsp3) is 0.368. The molecule has 2 aromatic carbocycles. The van der Waals surface area contributed by atoms with E-state index in [1.807, 2.05) is 0 Å². The number of halogens is 2. The van der Waals surface area contributed by atoms with Crippen molar-refractivity contribution in [3.05, 3.63) is 54.1 Å². The first-order valence-electron chi connectivity index (χ1n) is 9.03. The second-order valence-electron chi connectivity index (χ2n) is 7.07. The summed E-state index contributed by atoms with van der Waals surface area (Å²) in [4.78, 5) is 2.36. The Labute approximate surface area is 162 Å². The minimum Gasteiger partial charge on any atom is -0.434 e. The highest BCUT2D eigenvalue weighted by Gasteiger charge is 2.43. The molecule has 2 aliphatic heterocycles. The predicted molar refractivity (Wildman–Crippen MR) is 101 cm³/mol. The molecule has 0 bridgehead atoms. The van der Waals surface area contributed by atoms with Crippen LogP contribution in [0.15, 0.2) is 53.4 Å². The molecule has 0 saturated carbocycles. The number of piperidine rings is 1. The smallest absolute Gasteiger partial charge is 0.387 e. The van der Waals surface area contributed by atoms with Crippen molar-refractivity contribution >= 4 is 15.7 Å². The number of nitrogens with zero attached hydrogens (tertiary/aromatic N) is 1. The number of fused-ring (bicyclic) bond motifs is 1. The Morgan fingerprint density at radius 1 is 1.07 bits per heavy atom. The Bertz CT molecular complexity index is 960. The van der Waals surface area contributed by atoms with Crippen molar-refractivity contribution in [1.82, 2.24) is 9.62 Å². The summed E-state index contributed by atoms with van der Waals surface area (Å²) in [5.74, 6) is 0.170. The Morgan fingerprint density at radius 3 is 2.50 bits per heavy atom. The van der Waals surface area contributed by atoms with Crippen LogP contribution in [0.3, 0.4) is 0 Å². The summed E-state index contributed by atoms with van der Waals surface area (Å²) in [6.45, 7) is -1.18. The van der Waals surface area contributed by atoms with Crippen LogP contribution in [0.1, 0.15) is 18.4 Å². The Kier molecular flexibility index (Phi) is 4.98. The number of para-hydroxylation sites is 2. The lowest BCUT2D eigenvalue weighted by atomic mass is 9.96. The summed E-state index contributed by atoms with van der Waals surface area (Å²) in [7, 11) is -3.58. The van der Waals surface area contributed by atoms with Crippen molar-refractivity contribution in [2.24, 2.45) is 0 Å². The molecule has 9 heteroatoms. The topological polar surface area (TPSA) is 70.7 Å². The average molecular weight is 409 g/mol. The maximum atomic E-state index is 12.6. The molecule has 4 rings (SSSR count). The van der Waals surface area contributed by atoms with Gasteiger partial charge in [-0.05, 0) is 31.0 Å². The van der Waals surface area contributed by atoms with E-state index in [9.17, 15) is 17.2 Å². The molecular weight excluding hydrogens is 388 g/mol. The first-order chi connectivity index (χ1) is 13.4. The Hall–Kier alpha value is -2.23.